The zero-order valence-electron chi connectivity index (χ0n) is 21.8. The first-order chi connectivity index (χ1) is 16.6. The summed E-state index contributed by atoms with van der Waals surface area (Å²) in [7, 11) is 2.93. The van der Waals surface area contributed by atoms with Crippen molar-refractivity contribution in [1.29, 1.82) is 0 Å². The van der Waals surface area contributed by atoms with Gasteiger partial charge in [-0.25, -0.2) is 4.79 Å². The molecule has 3 saturated carbocycles. The summed E-state index contributed by atoms with van der Waals surface area (Å²) in [5.74, 6) is 0.550. The molecule has 0 radical (unpaired) electrons. The molecule has 0 unspecified atom stereocenters. The highest BCUT2D eigenvalue weighted by molar-refractivity contribution is 6.38. The molecule has 35 heavy (non-hydrogen) atoms. The third-order valence-corrected chi connectivity index (χ3v) is 10.4. The van der Waals surface area contributed by atoms with Crippen LogP contribution in [0, 0.1) is 34.5 Å². The van der Waals surface area contributed by atoms with Crippen LogP contribution in [0.5, 0.6) is 0 Å². The van der Waals surface area contributed by atoms with Crippen molar-refractivity contribution in [2.75, 3.05) is 14.2 Å². The lowest BCUT2D eigenvalue weighted by Crippen LogP contribution is -2.59. The maximum Gasteiger partial charge on any atom is 0.356 e. The highest BCUT2D eigenvalue weighted by atomic mass is 16.7. The van der Waals surface area contributed by atoms with Crippen LogP contribution in [-0.2, 0) is 28.7 Å². The minimum atomic E-state index is -0.806. The minimum Gasteiger partial charge on any atom is -0.464 e. The third kappa shape index (κ3) is 3.23. The molecular formula is C27H38N2O6. The van der Waals surface area contributed by atoms with Crippen molar-refractivity contribution in [3.8, 4) is 0 Å². The Balaban J connectivity index is 1.51. The Morgan fingerprint density at radius 1 is 1.14 bits per heavy atom. The van der Waals surface area contributed by atoms with E-state index in [2.05, 4.69) is 30.2 Å². The normalized spacial score (nSPS) is 43.9. The Morgan fingerprint density at radius 2 is 1.91 bits per heavy atom. The first-order valence-electron chi connectivity index (χ1n) is 12.9. The van der Waals surface area contributed by atoms with Gasteiger partial charge in [-0.3, -0.25) is 4.79 Å². The average Bonchev–Trinajstić information content (AvgIpc) is 3.32. The molecule has 3 fully saturated rings. The number of methoxy groups -OCH3 is 1. The summed E-state index contributed by atoms with van der Waals surface area (Å²) >= 11 is 0. The van der Waals surface area contributed by atoms with Crippen molar-refractivity contribution < 1.29 is 28.7 Å². The number of nitrogens with zero attached hydrogens (tertiary/aromatic N) is 2. The van der Waals surface area contributed by atoms with Gasteiger partial charge in [0.2, 0.25) is 0 Å². The summed E-state index contributed by atoms with van der Waals surface area (Å²) in [6.45, 7) is 8.15. The van der Waals surface area contributed by atoms with Gasteiger partial charge in [-0.2, -0.15) is 0 Å². The quantitative estimate of drug-likeness (QED) is 0.253. The smallest absolute Gasteiger partial charge is 0.356 e. The van der Waals surface area contributed by atoms with Crippen LogP contribution in [0.25, 0.3) is 0 Å². The molecule has 5 aliphatic rings. The molecule has 8 heteroatoms. The van der Waals surface area contributed by atoms with E-state index in [-0.39, 0.29) is 28.8 Å². The van der Waals surface area contributed by atoms with Crippen LogP contribution in [0.1, 0.15) is 72.6 Å². The average molecular weight is 487 g/mol. The lowest BCUT2D eigenvalue weighted by molar-refractivity contribution is -0.149. The van der Waals surface area contributed by atoms with Gasteiger partial charge in [0.1, 0.15) is 18.9 Å². The zero-order valence-corrected chi connectivity index (χ0v) is 21.8. The van der Waals surface area contributed by atoms with E-state index >= 15 is 0 Å². The molecule has 0 saturated heterocycles. The number of esters is 2. The van der Waals surface area contributed by atoms with Crippen molar-refractivity contribution in [3.05, 3.63) is 11.6 Å². The largest absolute Gasteiger partial charge is 0.464 e. The second-order valence-corrected chi connectivity index (χ2v) is 11.6. The van der Waals surface area contributed by atoms with Gasteiger partial charge in [-0.15, -0.1) is 0 Å². The molecule has 0 aromatic carbocycles. The van der Waals surface area contributed by atoms with Gasteiger partial charge in [0.05, 0.1) is 13.0 Å². The van der Waals surface area contributed by atoms with E-state index in [4.69, 9.17) is 19.1 Å². The first-order valence-corrected chi connectivity index (χ1v) is 12.9. The lowest BCUT2D eigenvalue weighted by atomic mass is 9.46. The van der Waals surface area contributed by atoms with Gasteiger partial charge in [-0.1, -0.05) is 35.8 Å². The number of allylic oxidation sites excluding steroid dienone is 1. The van der Waals surface area contributed by atoms with Crippen LogP contribution in [0.2, 0.25) is 0 Å². The Kier molecular flexibility index (Phi) is 5.80. The molecule has 0 aromatic rings. The summed E-state index contributed by atoms with van der Waals surface area (Å²) in [5.41, 5.74) is 1.63. The van der Waals surface area contributed by atoms with Crippen molar-refractivity contribution in [2.24, 2.45) is 44.8 Å². The van der Waals surface area contributed by atoms with Gasteiger partial charge in [-0.05, 0) is 68.6 Å². The van der Waals surface area contributed by atoms with E-state index in [9.17, 15) is 9.59 Å². The second kappa shape index (κ2) is 8.34. The number of hydrogen-bond donors (Lipinski definition) is 0. The Morgan fingerprint density at radius 3 is 2.60 bits per heavy atom. The van der Waals surface area contributed by atoms with E-state index in [0.717, 1.165) is 50.7 Å². The zero-order chi connectivity index (χ0) is 25.2. The fraction of sp³-hybridized carbons (Fsp3) is 0.778. The van der Waals surface area contributed by atoms with Crippen LogP contribution in [0.15, 0.2) is 22.0 Å². The Hall–Kier alpha value is -2.38. The molecule has 0 aromatic heterocycles. The van der Waals surface area contributed by atoms with Crippen molar-refractivity contribution in [1.82, 2.24) is 0 Å². The first kappa shape index (κ1) is 24.3. The summed E-state index contributed by atoms with van der Waals surface area (Å²) in [4.78, 5) is 35.7. The number of fused-ring (bicyclic) bond motifs is 7. The number of carbonyl (C=O) groups excluding carboxylic acids is 2. The molecule has 0 spiro atoms. The molecule has 1 heterocycles. The number of oxime groups is 2. The molecule has 1 aliphatic heterocycles. The van der Waals surface area contributed by atoms with Crippen LogP contribution in [0.4, 0.5) is 0 Å². The van der Waals surface area contributed by atoms with Gasteiger partial charge in [0.25, 0.3) is 0 Å². The van der Waals surface area contributed by atoms with Gasteiger partial charge < -0.3 is 19.1 Å². The van der Waals surface area contributed by atoms with Gasteiger partial charge in [0, 0.05) is 18.8 Å². The molecule has 0 N–H and O–H groups in total. The number of ether oxygens (including phenoxy) is 2. The van der Waals surface area contributed by atoms with Crippen LogP contribution in [-0.4, -0.2) is 49.3 Å². The molecule has 0 amide bonds. The standard InChI is InChI=1S/C27H38N2O6/c1-15(28-33-6)27-22(23(29-35-27)24(31)32-5)14-21-19-8-7-17-13-18(34-16(2)30)9-11-25(17,3)20(19)10-12-26(21,27)4/h7,18-22H,8-14H2,1-6H3/b28-15-/t18-,19+,20-,21-,22+,25-,26-,27+/m0/s1. The Labute approximate surface area is 207 Å². The monoisotopic (exact) mass is 486 g/mol. The van der Waals surface area contributed by atoms with Crippen LogP contribution < -0.4 is 0 Å². The fourth-order valence-electron chi connectivity index (χ4n) is 8.87. The number of rotatable bonds is 4. The van der Waals surface area contributed by atoms with E-state index in [0.29, 0.717) is 23.5 Å². The molecule has 5 rings (SSSR count). The number of carbonyl (C=O) groups is 2. The molecule has 192 valence electrons. The van der Waals surface area contributed by atoms with Gasteiger partial charge in [0.15, 0.2) is 11.3 Å². The lowest BCUT2D eigenvalue weighted by Gasteiger charge is -2.58. The van der Waals surface area contributed by atoms with E-state index in [1.54, 1.807) is 0 Å². The maximum absolute atomic E-state index is 12.7. The Bertz CT molecular complexity index is 1020. The second-order valence-electron chi connectivity index (χ2n) is 11.6. The molecular weight excluding hydrogens is 448 g/mol. The third-order valence-electron chi connectivity index (χ3n) is 10.4. The topological polar surface area (TPSA) is 95.8 Å². The highest BCUT2D eigenvalue weighted by Crippen LogP contribution is 2.70. The predicted octanol–water partition coefficient (Wildman–Crippen LogP) is 4.43. The van der Waals surface area contributed by atoms with E-state index in [1.807, 2.05) is 6.92 Å². The molecule has 0 bridgehead atoms. The van der Waals surface area contributed by atoms with E-state index in [1.165, 1.54) is 26.7 Å². The predicted molar refractivity (Wildman–Crippen MR) is 130 cm³/mol. The maximum atomic E-state index is 12.7. The van der Waals surface area contributed by atoms with Crippen molar-refractivity contribution in [3.63, 3.8) is 0 Å². The summed E-state index contributed by atoms with van der Waals surface area (Å²) in [5, 5.41) is 8.59. The summed E-state index contributed by atoms with van der Waals surface area (Å²) < 4.78 is 10.7. The summed E-state index contributed by atoms with van der Waals surface area (Å²) in [6.07, 6.45) is 9.06. The van der Waals surface area contributed by atoms with Crippen LogP contribution in [0.3, 0.4) is 0 Å². The molecule has 8 nitrogen and oxygen atoms in total. The van der Waals surface area contributed by atoms with Crippen molar-refractivity contribution in [2.45, 2.75) is 84.3 Å². The molecule has 4 aliphatic carbocycles. The minimum absolute atomic E-state index is 0.00790. The highest BCUT2D eigenvalue weighted by Gasteiger charge is 2.74. The van der Waals surface area contributed by atoms with Crippen LogP contribution >= 0.6 is 0 Å². The van der Waals surface area contributed by atoms with E-state index < -0.39 is 11.6 Å². The van der Waals surface area contributed by atoms with Gasteiger partial charge >= 0.3 is 11.9 Å². The summed E-state index contributed by atoms with van der Waals surface area (Å²) in [6, 6.07) is 0. The fourth-order valence-corrected chi connectivity index (χ4v) is 8.87. The van der Waals surface area contributed by atoms with Crippen molar-refractivity contribution >= 4 is 23.4 Å². The SMILES string of the molecule is CO/N=C(/C)[C@@]12ON=C(C(=O)OC)[C@H]1C[C@H]1[C@@H]3CC=C4C[C@@H](OC(C)=O)CC[C@]4(C)[C@H]3CC[C@@]12C. The molecule has 8 atom stereocenters. The number of hydrogen-bond acceptors (Lipinski definition) is 8.